The predicted molar refractivity (Wildman–Crippen MR) is 146 cm³/mol. The summed E-state index contributed by atoms with van der Waals surface area (Å²) < 4.78 is 12.2. The molecule has 3 aliphatic heterocycles. The molecule has 1 unspecified atom stereocenters. The summed E-state index contributed by atoms with van der Waals surface area (Å²) in [5, 5.41) is 24.2. The van der Waals surface area contributed by atoms with Crippen molar-refractivity contribution in [2.24, 2.45) is 0 Å². The highest BCUT2D eigenvalue weighted by atomic mass is 35.5. The number of benzene rings is 2. The second kappa shape index (κ2) is 11.0. The molecule has 3 heterocycles. The van der Waals surface area contributed by atoms with E-state index in [0.717, 1.165) is 50.1 Å². The number of nitrogens with zero attached hydrogens (tertiary/aromatic N) is 2. The Morgan fingerprint density at radius 3 is 2.77 bits per heavy atom. The minimum Gasteiger partial charge on any atom is -0.508 e. The van der Waals surface area contributed by atoms with Gasteiger partial charge in [-0.05, 0) is 35.9 Å². The molecule has 0 aliphatic carbocycles. The van der Waals surface area contributed by atoms with Gasteiger partial charge >= 0.3 is 5.91 Å². The van der Waals surface area contributed by atoms with E-state index in [9.17, 15) is 19.8 Å². The van der Waals surface area contributed by atoms with E-state index in [1.165, 1.54) is 18.2 Å². The van der Waals surface area contributed by atoms with Crippen molar-refractivity contribution >= 4 is 23.4 Å². The lowest BCUT2D eigenvalue weighted by Crippen LogP contribution is -2.58. The van der Waals surface area contributed by atoms with Crippen LogP contribution in [0.4, 0.5) is 0 Å². The van der Waals surface area contributed by atoms with Gasteiger partial charge in [-0.2, -0.15) is 0 Å². The fourth-order valence-corrected chi connectivity index (χ4v) is 6.49. The smallest absolute Gasteiger partial charge is 0.350 e. The summed E-state index contributed by atoms with van der Waals surface area (Å²) in [7, 11) is 3.34. The zero-order valence-corrected chi connectivity index (χ0v) is 23.2. The SMILES string of the molecule is CNC(=O)[C@@H]1CCC[N+]1(C)C(=O)c1ccc(O)cc1OC[C@@H](O)CN1CCC2(CC1)Cc1cc(Cl)ccc1O2. The third-order valence-corrected chi connectivity index (χ3v) is 8.76. The van der Waals surface area contributed by atoms with Gasteiger partial charge in [0.25, 0.3) is 5.91 Å². The van der Waals surface area contributed by atoms with Gasteiger partial charge in [0.15, 0.2) is 6.04 Å². The number of carbonyl (C=O) groups excluding carboxylic acids is 2. The van der Waals surface area contributed by atoms with Gasteiger partial charge in [-0.15, -0.1) is 0 Å². The highest BCUT2D eigenvalue weighted by molar-refractivity contribution is 6.30. The number of likely N-dealkylation sites (N-methyl/N-ethyl adjacent to an activating group) is 2. The molecule has 3 N–H and O–H groups in total. The van der Waals surface area contributed by atoms with E-state index in [2.05, 4.69) is 10.2 Å². The first-order valence-corrected chi connectivity index (χ1v) is 14.0. The number of rotatable bonds is 7. The zero-order valence-electron chi connectivity index (χ0n) is 22.5. The summed E-state index contributed by atoms with van der Waals surface area (Å²) in [6, 6.07) is 9.64. The number of ether oxygens (including phenoxy) is 2. The molecule has 0 aromatic heterocycles. The number of piperidine rings is 1. The van der Waals surface area contributed by atoms with Crippen molar-refractivity contribution < 1.29 is 33.8 Å². The minimum absolute atomic E-state index is 0.0333. The van der Waals surface area contributed by atoms with E-state index in [0.29, 0.717) is 24.5 Å². The van der Waals surface area contributed by atoms with Crippen LogP contribution in [0, 0.1) is 0 Å². The monoisotopic (exact) mass is 558 g/mol. The molecule has 39 heavy (non-hydrogen) atoms. The maximum Gasteiger partial charge on any atom is 0.350 e. The van der Waals surface area contributed by atoms with Gasteiger partial charge in [-0.3, -0.25) is 4.79 Å². The van der Waals surface area contributed by atoms with Crippen LogP contribution in [0.5, 0.6) is 17.2 Å². The Bertz CT molecular complexity index is 1250. The number of amides is 2. The predicted octanol–water partition coefficient (Wildman–Crippen LogP) is 2.75. The number of phenols is 1. The van der Waals surface area contributed by atoms with Crippen molar-refractivity contribution in [3.8, 4) is 17.2 Å². The second-order valence-electron chi connectivity index (χ2n) is 11.2. The van der Waals surface area contributed by atoms with E-state index < -0.39 is 12.1 Å². The number of aliphatic hydroxyl groups is 1. The molecule has 2 aromatic rings. The summed E-state index contributed by atoms with van der Waals surface area (Å²) in [6.45, 7) is 2.49. The Hall–Kier alpha value is -2.85. The molecule has 3 atom stereocenters. The third kappa shape index (κ3) is 5.59. The fourth-order valence-electron chi connectivity index (χ4n) is 6.30. The number of carbonyl (C=O) groups is 2. The summed E-state index contributed by atoms with van der Waals surface area (Å²) in [6.07, 6.45) is 3.13. The molecule has 0 bridgehead atoms. The Morgan fingerprint density at radius 2 is 2.03 bits per heavy atom. The Labute approximate surface area is 233 Å². The van der Waals surface area contributed by atoms with Crippen molar-refractivity contribution in [2.45, 2.75) is 49.9 Å². The molecule has 5 rings (SSSR count). The number of fused-ring (bicyclic) bond motifs is 1. The maximum atomic E-state index is 13.7. The van der Waals surface area contributed by atoms with Gasteiger partial charge in [0.05, 0.1) is 13.6 Å². The van der Waals surface area contributed by atoms with Crippen LogP contribution in [0.15, 0.2) is 36.4 Å². The Morgan fingerprint density at radius 1 is 1.26 bits per heavy atom. The third-order valence-electron chi connectivity index (χ3n) is 8.53. The van der Waals surface area contributed by atoms with Crippen molar-refractivity contribution in [3.63, 3.8) is 0 Å². The first kappa shape index (κ1) is 27.7. The number of likely N-dealkylation sites (tertiary alicyclic amines) is 2. The number of aromatic hydroxyl groups is 1. The summed E-state index contributed by atoms with van der Waals surface area (Å²) in [4.78, 5) is 28.3. The average Bonchev–Trinajstić information content (AvgIpc) is 3.48. The first-order valence-electron chi connectivity index (χ1n) is 13.6. The number of hydrogen-bond donors (Lipinski definition) is 3. The van der Waals surface area contributed by atoms with Gasteiger partial charge < -0.3 is 29.9 Å². The van der Waals surface area contributed by atoms with Crippen molar-refractivity contribution in [2.75, 3.05) is 46.9 Å². The summed E-state index contributed by atoms with van der Waals surface area (Å²) >= 11 is 6.15. The van der Waals surface area contributed by atoms with Crippen LogP contribution in [0.3, 0.4) is 0 Å². The Balaban J connectivity index is 1.18. The van der Waals surface area contributed by atoms with E-state index in [-0.39, 0.29) is 45.6 Å². The van der Waals surface area contributed by atoms with Crippen LogP contribution in [0.25, 0.3) is 0 Å². The van der Waals surface area contributed by atoms with E-state index in [1.54, 1.807) is 14.1 Å². The first-order chi connectivity index (χ1) is 18.6. The van der Waals surface area contributed by atoms with Crippen LogP contribution in [-0.4, -0.2) is 96.0 Å². The van der Waals surface area contributed by atoms with Gasteiger partial charge in [0.2, 0.25) is 0 Å². The summed E-state index contributed by atoms with van der Waals surface area (Å²) in [5.74, 6) is 0.659. The molecule has 2 amide bonds. The van der Waals surface area contributed by atoms with E-state index in [1.807, 2.05) is 18.2 Å². The molecule has 10 heteroatoms. The lowest BCUT2D eigenvalue weighted by atomic mass is 9.87. The topological polar surface area (TPSA) is 108 Å². The molecule has 2 aromatic carbocycles. The summed E-state index contributed by atoms with van der Waals surface area (Å²) in [5.41, 5.74) is 1.21. The van der Waals surface area contributed by atoms with Gasteiger partial charge in [0.1, 0.15) is 41.1 Å². The molecule has 9 nitrogen and oxygen atoms in total. The number of β-amino-alcohol motifs (C(OH)–C–C–N with tert-alkyl or cyclic N) is 1. The molecular weight excluding hydrogens is 522 g/mol. The number of halogens is 1. The largest absolute Gasteiger partial charge is 0.508 e. The average molecular weight is 559 g/mol. The van der Waals surface area contributed by atoms with Gasteiger partial charge in [-0.1, -0.05) is 11.6 Å². The van der Waals surface area contributed by atoms with Crippen molar-refractivity contribution in [3.05, 3.63) is 52.5 Å². The normalized spacial score (nSPS) is 24.7. The number of nitrogens with one attached hydrogen (secondary N) is 1. The lowest BCUT2D eigenvalue weighted by molar-refractivity contribution is -0.831. The standard InChI is InChI=1S/C29H36ClN3O6/c1-31-27(36)24-4-3-13-33(24,2)28(37)23-7-6-21(34)15-26(23)38-18-22(35)17-32-11-9-29(10-12-32)16-19-14-20(30)5-8-25(19)39-29/h5-8,14-15,22,24,35H,3-4,9-13,16-18H2,1-2H3,(H-,31,34,36,37)/p+1/t22-,24-,33?/m0/s1. The number of phenolic OH excluding ortho intramolecular Hbond substituents is 1. The molecular formula is C29H37ClN3O6+. The fraction of sp³-hybridized carbons (Fsp3) is 0.517. The highest BCUT2D eigenvalue weighted by Crippen LogP contribution is 2.42. The van der Waals surface area contributed by atoms with Crippen LogP contribution in [0.2, 0.25) is 5.02 Å². The molecule has 2 saturated heterocycles. The van der Waals surface area contributed by atoms with E-state index >= 15 is 0 Å². The lowest BCUT2D eigenvalue weighted by Gasteiger charge is -2.39. The van der Waals surface area contributed by atoms with Crippen LogP contribution in [-0.2, 0) is 11.2 Å². The van der Waals surface area contributed by atoms with Crippen LogP contribution >= 0.6 is 11.6 Å². The minimum atomic E-state index is -0.792. The Kier molecular flexibility index (Phi) is 7.79. The molecule has 3 aliphatic rings. The molecule has 0 saturated carbocycles. The van der Waals surface area contributed by atoms with Crippen molar-refractivity contribution in [1.82, 2.24) is 10.2 Å². The maximum absolute atomic E-state index is 13.7. The molecule has 2 fully saturated rings. The van der Waals surface area contributed by atoms with Crippen molar-refractivity contribution in [1.29, 1.82) is 0 Å². The van der Waals surface area contributed by atoms with Gasteiger partial charge in [-0.25, -0.2) is 9.28 Å². The van der Waals surface area contributed by atoms with Crippen LogP contribution < -0.4 is 14.8 Å². The number of hydrogen-bond acceptors (Lipinski definition) is 7. The number of aliphatic hydroxyl groups excluding tert-OH is 1. The highest BCUT2D eigenvalue weighted by Gasteiger charge is 2.49. The second-order valence-corrected chi connectivity index (χ2v) is 11.7. The van der Waals surface area contributed by atoms with E-state index in [4.69, 9.17) is 21.1 Å². The zero-order chi connectivity index (χ0) is 27.8. The van der Waals surface area contributed by atoms with Gasteiger partial charge in [0, 0.05) is 69.9 Å². The molecule has 1 spiro atoms. The quantitative estimate of drug-likeness (QED) is 0.448. The molecule has 0 radical (unpaired) electrons. The number of quaternary nitrogens is 1. The molecule has 210 valence electrons. The van der Waals surface area contributed by atoms with Crippen LogP contribution in [0.1, 0.15) is 41.6 Å².